The molecule has 31 heavy (non-hydrogen) atoms. The molecule has 1 aliphatic rings. The summed E-state index contributed by atoms with van der Waals surface area (Å²) in [6.45, 7) is 5.69. The lowest BCUT2D eigenvalue weighted by Gasteiger charge is -2.31. The van der Waals surface area contributed by atoms with Gasteiger partial charge in [0.05, 0.1) is 19.2 Å². The summed E-state index contributed by atoms with van der Waals surface area (Å²) in [5.41, 5.74) is 3.01. The Morgan fingerprint density at radius 2 is 1.97 bits per heavy atom. The average Bonchev–Trinajstić information content (AvgIpc) is 3.26. The predicted octanol–water partition coefficient (Wildman–Crippen LogP) is 4.81. The number of nitrogens with one attached hydrogen (secondary N) is 1. The number of ketones is 1. The van der Waals surface area contributed by atoms with E-state index in [0.29, 0.717) is 36.0 Å². The number of fused-ring (bicyclic) bond motifs is 1. The Kier molecular flexibility index (Phi) is 6.87. The largest absolute Gasteiger partial charge is 0.493 e. The molecule has 2 aromatic carbocycles. The third kappa shape index (κ3) is 4.90. The summed E-state index contributed by atoms with van der Waals surface area (Å²) in [5.74, 6) is 1.97. The fourth-order valence-electron chi connectivity index (χ4n) is 4.37. The van der Waals surface area contributed by atoms with E-state index in [9.17, 15) is 4.79 Å². The standard InChI is InChI=1S/C25H31N3O3/c1-3-22(29)19-9-10-23(24(17-19)30-2)31-16-6-13-28-14-11-18(12-15-28)25-20-7-4-5-8-21(20)26-27-25/h4-5,7-10,17-18H,3,6,11-16H2,1-2H3,(H,26,27). The van der Waals surface area contributed by atoms with Crippen LogP contribution in [0.2, 0.25) is 0 Å². The van der Waals surface area contributed by atoms with Crippen molar-refractivity contribution in [1.82, 2.24) is 15.1 Å². The second kappa shape index (κ2) is 9.96. The lowest BCUT2D eigenvalue weighted by molar-refractivity contribution is 0.0987. The van der Waals surface area contributed by atoms with Crippen LogP contribution in [-0.4, -0.2) is 54.2 Å². The molecule has 164 valence electrons. The second-order valence-electron chi connectivity index (χ2n) is 8.11. The van der Waals surface area contributed by atoms with Gasteiger partial charge in [0.15, 0.2) is 17.3 Å². The Labute approximate surface area is 183 Å². The topological polar surface area (TPSA) is 67.5 Å². The van der Waals surface area contributed by atoms with Crippen LogP contribution in [0.25, 0.3) is 10.9 Å². The summed E-state index contributed by atoms with van der Waals surface area (Å²) in [6.07, 6.45) is 3.73. The van der Waals surface area contributed by atoms with Crippen molar-refractivity contribution in [3.05, 3.63) is 53.7 Å². The van der Waals surface area contributed by atoms with Gasteiger partial charge in [-0.2, -0.15) is 5.10 Å². The van der Waals surface area contributed by atoms with Gasteiger partial charge in [0, 0.05) is 35.5 Å². The lowest BCUT2D eigenvalue weighted by atomic mass is 9.91. The van der Waals surface area contributed by atoms with E-state index in [1.54, 1.807) is 13.2 Å². The van der Waals surface area contributed by atoms with Crippen LogP contribution < -0.4 is 9.47 Å². The number of H-pyrrole nitrogens is 1. The minimum Gasteiger partial charge on any atom is -0.493 e. The number of Topliss-reactive ketones (excluding diaryl/α,β-unsaturated/α-hetero) is 1. The van der Waals surface area contributed by atoms with Crippen molar-refractivity contribution in [2.45, 2.75) is 38.5 Å². The number of ether oxygens (including phenoxy) is 2. The van der Waals surface area contributed by atoms with Gasteiger partial charge in [-0.15, -0.1) is 0 Å². The number of methoxy groups -OCH3 is 1. The van der Waals surface area contributed by atoms with E-state index < -0.39 is 0 Å². The van der Waals surface area contributed by atoms with Crippen LogP contribution in [0.5, 0.6) is 11.5 Å². The number of nitrogens with zero attached hydrogens (tertiary/aromatic N) is 2. The smallest absolute Gasteiger partial charge is 0.162 e. The van der Waals surface area contributed by atoms with Gasteiger partial charge in [-0.25, -0.2) is 0 Å². The number of aromatic nitrogens is 2. The van der Waals surface area contributed by atoms with Gasteiger partial charge in [0.1, 0.15) is 0 Å². The molecular weight excluding hydrogens is 390 g/mol. The first-order chi connectivity index (χ1) is 15.2. The molecule has 0 unspecified atom stereocenters. The van der Waals surface area contributed by atoms with E-state index in [2.05, 4.69) is 33.3 Å². The molecule has 1 fully saturated rings. The molecule has 3 aromatic rings. The minimum atomic E-state index is 0.108. The summed E-state index contributed by atoms with van der Waals surface area (Å²) in [7, 11) is 1.61. The van der Waals surface area contributed by atoms with Gasteiger partial charge in [-0.1, -0.05) is 25.1 Å². The normalized spacial score (nSPS) is 15.3. The number of carbonyl (C=O) groups excluding carboxylic acids is 1. The number of hydrogen-bond acceptors (Lipinski definition) is 5. The highest BCUT2D eigenvalue weighted by molar-refractivity contribution is 5.96. The molecule has 0 bridgehead atoms. The number of piperidine rings is 1. The predicted molar refractivity (Wildman–Crippen MR) is 122 cm³/mol. The Balaban J connectivity index is 1.23. The highest BCUT2D eigenvalue weighted by Gasteiger charge is 2.23. The number of carbonyl (C=O) groups is 1. The fourth-order valence-corrected chi connectivity index (χ4v) is 4.37. The number of benzene rings is 2. The van der Waals surface area contributed by atoms with Crippen LogP contribution in [0.3, 0.4) is 0 Å². The Morgan fingerprint density at radius 3 is 2.74 bits per heavy atom. The Bertz CT molecular complexity index is 1020. The first-order valence-electron chi connectivity index (χ1n) is 11.2. The number of rotatable bonds is 9. The first kappa shape index (κ1) is 21.4. The summed E-state index contributed by atoms with van der Waals surface area (Å²) in [4.78, 5) is 14.4. The van der Waals surface area contributed by atoms with Crippen LogP contribution in [0.1, 0.15) is 54.6 Å². The summed E-state index contributed by atoms with van der Waals surface area (Å²) in [5, 5.41) is 8.98. The summed E-state index contributed by atoms with van der Waals surface area (Å²) in [6, 6.07) is 13.8. The third-order valence-corrected chi connectivity index (χ3v) is 6.17. The van der Waals surface area contributed by atoms with E-state index in [-0.39, 0.29) is 5.78 Å². The SMILES string of the molecule is CCC(=O)c1ccc(OCCCN2CCC(c3[nH]nc4ccccc34)CC2)c(OC)c1. The van der Waals surface area contributed by atoms with Crippen LogP contribution >= 0.6 is 0 Å². The molecule has 0 spiro atoms. The molecule has 2 heterocycles. The molecule has 0 saturated carbocycles. The van der Waals surface area contributed by atoms with E-state index >= 15 is 0 Å². The van der Waals surface area contributed by atoms with Crippen molar-refractivity contribution in [2.75, 3.05) is 33.4 Å². The zero-order valence-electron chi connectivity index (χ0n) is 18.4. The van der Waals surface area contributed by atoms with Crippen LogP contribution in [0, 0.1) is 0 Å². The highest BCUT2D eigenvalue weighted by atomic mass is 16.5. The van der Waals surface area contributed by atoms with Crippen molar-refractivity contribution in [3.8, 4) is 11.5 Å². The maximum atomic E-state index is 11.9. The van der Waals surface area contributed by atoms with Crippen molar-refractivity contribution in [1.29, 1.82) is 0 Å². The first-order valence-corrected chi connectivity index (χ1v) is 11.2. The van der Waals surface area contributed by atoms with Crippen molar-refractivity contribution in [2.24, 2.45) is 0 Å². The van der Waals surface area contributed by atoms with E-state index in [1.165, 1.54) is 11.1 Å². The van der Waals surface area contributed by atoms with Gasteiger partial charge in [0.25, 0.3) is 0 Å². The zero-order chi connectivity index (χ0) is 21.6. The van der Waals surface area contributed by atoms with Gasteiger partial charge < -0.3 is 14.4 Å². The van der Waals surface area contributed by atoms with Gasteiger partial charge in [-0.3, -0.25) is 9.89 Å². The molecule has 1 aliphatic heterocycles. The van der Waals surface area contributed by atoms with Crippen molar-refractivity contribution >= 4 is 16.7 Å². The van der Waals surface area contributed by atoms with Crippen LogP contribution in [-0.2, 0) is 0 Å². The molecule has 0 aliphatic carbocycles. The van der Waals surface area contributed by atoms with E-state index in [4.69, 9.17) is 9.47 Å². The van der Waals surface area contributed by atoms with E-state index in [1.807, 2.05) is 25.1 Å². The molecule has 1 saturated heterocycles. The lowest BCUT2D eigenvalue weighted by Crippen LogP contribution is -2.34. The van der Waals surface area contributed by atoms with Gasteiger partial charge >= 0.3 is 0 Å². The maximum Gasteiger partial charge on any atom is 0.162 e. The monoisotopic (exact) mass is 421 g/mol. The second-order valence-corrected chi connectivity index (χ2v) is 8.11. The Hall–Kier alpha value is -2.86. The van der Waals surface area contributed by atoms with Gasteiger partial charge in [0.2, 0.25) is 0 Å². The maximum absolute atomic E-state index is 11.9. The average molecular weight is 422 g/mol. The number of hydrogen-bond donors (Lipinski definition) is 1. The Morgan fingerprint density at radius 1 is 1.16 bits per heavy atom. The molecule has 4 rings (SSSR count). The highest BCUT2D eigenvalue weighted by Crippen LogP contribution is 2.32. The summed E-state index contributed by atoms with van der Waals surface area (Å²) >= 11 is 0. The third-order valence-electron chi connectivity index (χ3n) is 6.17. The quantitative estimate of drug-likeness (QED) is 0.397. The summed E-state index contributed by atoms with van der Waals surface area (Å²) < 4.78 is 11.3. The molecule has 0 radical (unpaired) electrons. The van der Waals surface area contributed by atoms with Crippen LogP contribution in [0.15, 0.2) is 42.5 Å². The number of likely N-dealkylation sites (tertiary alicyclic amines) is 1. The number of para-hydroxylation sites is 1. The fraction of sp³-hybridized carbons (Fsp3) is 0.440. The molecule has 0 atom stereocenters. The molecular formula is C25H31N3O3. The van der Waals surface area contributed by atoms with E-state index in [0.717, 1.165) is 44.4 Å². The zero-order valence-corrected chi connectivity index (χ0v) is 18.4. The van der Waals surface area contributed by atoms with Crippen molar-refractivity contribution < 1.29 is 14.3 Å². The molecule has 0 amide bonds. The van der Waals surface area contributed by atoms with Crippen LogP contribution in [0.4, 0.5) is 0 Å². The number of aromatic amines is 1. The molecule has 1 N–H and O–H groups in total. The minimum absolute atomic E-state index is 0.108. The van der Waals surface area contributed by atoms with Crippen molar-refractivity contribution in [3.63, 3.8) is 0 Å². The molecule has 1 aromatic heterocycles. The van der Waals surface area contributed by atoms with Gasteiger partial charge in [-0.05, 0) is 56.6 Å². The molecule has 6 nitrogen and oxygen atoms in total. The molecule has 6 heteroatoms.